The van der Waals surface area contributed by atoms with Crippen LogP contribution in [0.5, 0.6) is 5.75 Å². The Hall–Kier alpha value is -3.14. The number of hydrogen-bond acceptors (Lipinski definition) is 6. The third kappa shape index (κ3) is 9.31. The number of nitrogens with one attached hydrogen (secondary N) is 3. The summed E-state index contributed by atoms with van der Waals surface area (Å²) in [5, 5.41) is 18.1. The number of amides is 3. The molecule has 2 heterocycles. The zero-order chi connectivity index (χ0) is 27.5. The van der Waals surface area contributed by atoms with Crippen molar-refractivity contribution in [1.29, 1.82) is 0 Å². The third-order valence-corrected chi connectivity index (χ3v) is 7.13. The molecule has 2 fully saturated rings. The molecule has 2 aliphatic rings. The molecular weight excluding hydrogens is 488 g/mol. The van der Waals surface area contributed by atoms with Crippen LogP contribution in [0.4, 0.5) is 0 Å². The van der Waals surface area contributed by atoms with Crippen LogP contribution in [-0.2, 0) is 14.4 Å². The Bertz CT molecular complexity index is 962. The molecule has 0 aromatic heterocycles. The molecule has 10 nitrogen and oxygen atoms in total. The number of carboxylic acids is 1. The van der Waals surface area contributed by atoms with Crippen molar-refractivity contribution >= 4 is 23.7 Å². The number of ether oxygens (including phenoxy) is 1. The number of aliphatic carboxylic acids is 1. The van der Waals surface area contributed by atoms with Gasteiger partial charge in [-0.2, -0.15) is 0 Å². The van der Waals surface area contributed by atoms with E-state index < -0.39 is 23.8 Å². The minimum Gasteiger partial charge on any atom is -0.493 e. The summed E-state index contributed by atoms with van der Waals surface area (Å²) < 4.78 is 5.64. The number of hydrogen-bond donors (Lipinski definition) is 4. The van der Waals surface area contributed by atoms with Gasteiger partial charge in [0.2, 0.25) is 11.8 Å². The molecule has 4 N–H and O–H groups in total. The maximum Gasteiger partial charge on any atom is 0.328 e. The molecule has 0 unspecified atom stereocenters. The average molecular weight is 531 g/mol. The van der Waals surface area contributed by atoms with Crippen LogP contribution in [0.3, 0.4) is 0 Å². The molecule has 0 spiro atoms. The molecular formula is C28H42N4O6. The van der Waals surface area contributed by atoms with E-state index in [2.05, 4.69) is 16.0 Å². The van der Waals surface area contributed by atoms with Gasteiger partial charge < -0.3 is 30.7 Å². The highest BCUT2D eigenvalue weighted by Crippen LogP contribution is 2.21. The van der Waals surface area contributed by atoms with Crippen LogP contribution in [-0.4, -0.2) is 79.1 Å². The number of likely N-dealkylation sites (tertiary alicyclic amines) is 1. The van der Waals surface area contributed by atoms with Crippen LogP contribution >= 0.6 is 0 Å². The van der Waals surface area contributed by atoms with E-state index in [0.29, 0.717) is 50.1 Å². The van der Waals surface area contributed by atoms with Crippen molar-refractivity contribution in [3.63, 3.8) is 0 Å². The number of nitrogens with zero attached hydrogens (tertiary/aromatic N) is 1. The molecule has 1 aromatic carbocycles. The first-order valence-corrected chi connectivity index (χ1v) is 13.8. The Kier molecular flexibility index (Phi) is 11.4. The molecule has 1 aromatic rings. The number of benzene rings is 1. The smallest absolute Gasteiger partial charge is 0.328 e. The highest BCUT2D eigenvalue weighted by molar-refractivity contribution is 5.97. The summed E-state index contributed by atoms with van der Waals surface area (Å²) >= 11 is 0. The molecule has 0 bridgehead atoms. The quantitative estimate of drug-likeness (QED) is 0.325. The highest BCUT2D eigenvalue weighted by Gasteiger charge is 2.30. The van der Waals surface area contributed by atoms with Crippen molar-refractivity contribution in [3.05, 3.63) is 29.8 Å². The number of rotatable bonds is 12. The van der Waals surface area contributed by atoms with Crippen LogP contribution < -0.4 is 20.7 Å². The first-order chi connectivity index (χ1) is 18.2. The van der Waals surface area contributed by atoms with E-state index >= 15 is 0 Å². The van der Waals surface area contributed by atoms with Crippen molar-refractivity contribution in [1.82, 2.24) is 20.9 Å². The first kappa shape index (κ1) is 29.4. The van der Waals surface area contributed by atoms with E-state index in [9.17, 15) is 24.3 Å². The molecule has 0 radical (unpaired) electrons. The molecule has 38 heavy (non-hydrogen) atoms. The van der Waals surface area contributed by atoms with Gasteiger partial charge in [0.1, 0.15) is 11.8 Å². The Labute approximate surface area is 224 Å². The summed E-state index contributed by atoms with van der Waals surface area (Å²) in [6.45, 7) is 7.26. The Morgan fingerprint density at radius 3 is 2.63 bits per heavy atom. The molecule has 2 aliphatic heterocycles. The van der Waals surface area contributed by atoms with Crippen LogP contribution in [0.25, 0.3) is 0 Å². The largest absolute Gasteiger partial charge is 0.493 e. The van der Waals surface area contributed by atoms with Gasteiger partial charge in [-0.15, -0.1) is 0 Å². The van der Waals surface area contributed by atoms with Crippen LogP contribution in [0.1, 0.15) is 62.7 Å². The van der Waals surface area contributed by atoms with Crippen LogP contribution in [0, 0.1) is 17.8 Å². The molecule has 210 valence electrons. The van der Waals surface area contributed by atoms with E-state index in [4.69, 9.17) is 4.74 Å². The van der Waals surface area contributed by atoms with Gasteiger partial charge in [0.05, 0.1) is 12.5 Å². The third-order valence-electron chi connectivity index (χ3n) is 7.13. The van der Waals surface area contributed by atoms with Crippen LogP contribution in [0.15, 0.2) is 24.3 Å². The molecule has 0 saturated carbocycles. The number of carboxylic acid groups (broad SMARTS) is 1. The normalized spacial score (nSPS) is 19.0. The predicted octanol–water partition coefficient (Wildman–Crippen LogP) is 2.04. The van der Waals surface area contributed by atoms with Gasteiger partial charge in [0, 0.05) is 31.6 Å². The van der Waals surface area contributed by atoms with Gasteiger partial charge in [-0.25, -0.2) is 4.79 Å². The standard InChI is InChI=1S/C28H42N4O6/c1-19(2)18-38-23-7-3-5-21(15-23)27(35)31-24(28(36)37)16-30-26(34)22-6-4-14-32(17-22)25(33)9-8-20-10-12-29-13-11-20/h3,5,7,15,19-20,22,24,29H,4,6,8-14,16-18H2,1-2H3,(H,30,34)(H,31,35)(H,36,37)/t22-,24-/m1/s1. The second-order valence-corrected chi connectivity index (χ2v) is 10.8. The lowest BCUT2D eigenvalue weighted by atomic mass is 9.92. The number of carbonyl (C=O) groups excluding carboxylic acids is 3. The van der Waals surface area contributed by atoms with Gasteiger partial charge in [-0.05, 0) is 75.2 Å². The number of piperidine rings is 2. The van der Waals surface area contributed by atoms with E-state index in [-0.39, 0.29) is 23.9 Å². The number of carbonyl (C=O) groups is 4. The summed E-state index contributed by atoms with van der Waals surface area (Å²) in [5.41, 5.74) is 0.273. The predicted molar refractivity (Wildman–Crippen MR) is 143 cm³/mol. The molecule has 2 saturated heterocycles. The van der Waals surface area contributed by atoms with Crippen molar-refractivity contribution in [3.8, 4) is 5.75 Å². The lowest BCUT2D eigenvalue weighted by Gasteiger charge is -2.33. The summed E-state index contributed by atoms with van der Waals surface area (Å²) in [6.07, 6.45) is 4.92. The lowest BCUT2D eigenvalue weighted by Crippen LogP contribution is -2.51. The molecule has 0 aliphatic carbocycles. The van der Waals surface area contributed by atoms with Crippen LogP contribution in [0.2, 0.25) is 0 Å². The SMILES string of the molecule is CC(C)COc1cccc(C(=O)N[C@H](CNC(=O)[C@@H]2CCCN(C(=O)CCC3CCNCC3)C2)C(=O)O)c1. The van der Waals surface area contributed by atoms with Crippen molar-refractivity contribution in [2.24, 2.45) is 17.8 Å². The Morgan fingerprint density at radius 2 is 1.92 bits per heavy atom. The summed E-state index contributed by atoms with van der Waals surface area (Å²) in [4.78, 5) is 51.9. The fraction of sp³-hybridized carbons (Fsp3) is 0.643. The maximum absolute atomic E-state index is 12.8. The van der Waals surface area contributed by atoms with Gasteiger partial charge in [0.25, 0.3) is 5.91 Å². The second-order valence-electron chi connectivity index (χ2n) is 10.8. The molecule has 3 amide bonds. The second kappa shape index (κ2) is 14.7. The fourth-order valence-corrected chi connectivity index (χ4v) is 4.85. The minimum absolute atomic E-state index is 0.0799. The van der Waals surface area contributed by atoms with E-state index in [1.54, 1.807) is 29.2 Å². The van der Waals surface area contributed by atoms with Gasteiger partial charge in [-0.3, -0.25) is 14.4 Å². The molecule has 10 heteroatoms. The van der Waals surface area contributed by atoms with E-state index in [1.165, 1.54) is 0 Å². The van der Waals surface area contributed by atoms with E-state index in [1.807, 2.05) is 13.8 Å². The summed E-state index contributed by atoms with van der Waals surface area (Å²) in [5.74, 6) is -1.01. The zero-order valence-corrected chi connectivity index (χ0v) is 22.5. The molecule has 2 atom stereocenters. The maximum atomic E-state index is 12.8. The Morgan fingerprint density at radius 1 is 1.16 bits per heavy atom. The monoisotopic (exact) mass is 530 g/mol. The van der Waals surface area contributed by atoms with Gasteiger partial charge >= 0.3 is 5.97 Å². The Balaban J connectivity index is 1.47. The van der Waals surface area contributed by atoms with Crippen molar-refractivity contribution in [2.45, 2.75) is 58.4 Å². The van der Waals surface area contributed by atoms with Crippen molar-refractivity contribution < 1.29 is 29.0 Å². The topological polar surface area (TPSA) is 137 Å². The van der Waals surface area contributed by atoms with Gasteiger partial charge in [-0.1, -0.05) is 19.9 Å². The van der Waals surface area contributed by atoms with E-state index in [0.717, 1.165) is 38.8 Å². The summed E-state index contributed by atoms with van der Waals surface area (Å²) in [6, 6.07) is 5.25. The lowest BCUT2D eigenvalue weighted by molar-refractivity contribution is -0.139. The fourth-order valence-electron chi connectivity index (χ4n) is 4.85. The minimum atomic E-state index is -1.29. The zero-order valence-electron chi connectivity index (χ0n) is 22.5. The van der Waals surface area contributed by atoms with Crippen molar-refractivity contribution in [2.75, 3.05) is 39.3 Å². The summed E-state index contributed by atoms with van der Waals surface area (Å²) in [7, 11) is 0. The molecule has 3 rings (SSSR count). The highest BCUT2D eigenvalue weighted by atomic mass is 16.5. The first-order valence-electron chi connectivity index (χ1n) is 13.8. The van der Waals surface area contributed by atoms with Gasteiger partial charge in [0.15, 0.2) is 0 Å². The average Bonchev–Trinajstić information content (AvgIpc) is 2.93.